The van der Waals surface area contributed by atoms with Gasteiger partial charge >= 0.3 is 12.1 Å². The van der Waals surface area contributed by atoms with E-state index in [1.54, 1.807) is 73.5 Å². The molecule has 2 aromatic heterocycles. The number of alkyl carbamates (subject to hydrolysis) is 1. The van der Waals surface area contributed by atoms with Crippen LogP contribution in [0.15, 0.2) is 59.9 Å². The quantitative estimate of drug-likeness (QED) is 0.0281. The molecule has 2 aliphatic heterocycles. The fourth-order valence-corrected chi connectivity index (χ4v) is 8.01. The summed E-state index contributed by atoms with van der Waals surface area (Å²) >= 11 is 0. The minimum absolute atomic E-state index is 0.0106. The molecule has 2 aliphatic rings. The number of anilines is 2. The largest absolute Gasteiger partial charge is 0.493 e. The molecular weight excluding hydrogens is 977 g/mol. The van der Waals surface area contributed by atoms with E-state index in [0.29, 0.717) is 59.9 Å². The molecule has 0 saturated carbocycles. The van der Waals surface area contributed by atoms with Gasteiger partial charge in [0.2, 0.25) is 17.6 Å². The zero-order valence-electron chi connectivity index (χ0n) is 43.0. The van der Waals surface area contributed by atoms with Crippen LogP contribution in [0.5, 0.6) is 11.5 Å². The third-order valence-electron chi connectivity index (χ3n) is 12.1. The van der Waals surface area contributed by atoms with Gasteiger partial charge in [-0.25, -0.2) is 14.6 Å². The Morgan fingerprint density at radius 3 is 2.37 bits per heavy atom. The predicted molar refractivity (Wildman–Crippen MR) is 273 cm³/mol. The first-order valence-corrected chi connectivity index (χ1v) is 24.7. The van der Waals surface area contributed by atoms with Crippen LogP contribution in [0.25, 0.3) is 11.1 Å². The Morgan fingerprint density at radius 1 is 0.853 bits per heavy atom. The Labute approximate surface area is 433 Å². The monoisotopic (exact) mass is 1040 g/mol. The van der Waals surface area contributed by atoms with Gasteiger partial charge in [0.25, 0.3) is 17.7 Å². The van der Waals surface area contributed by atoms with Crippen molar-refractivity contribution in [2.75, 3.05) is 70.9 Å². The van der Waals surface area contributed by atoms with Gasteiger partial charge in [0.1, 0.15) is 18.3 Å². The number of nitrogens with zero attached hydrogens (tertiary/aromatic N) is 5. The van der Waals surface area contributed by atoms with Crippen molar-refractivity contribution in [2.45, 2.75) is 83.3 Å². The molecule has 24 nitrogen and oxygen atoms in total. The molecule has 0 radical (unpaired) electrons. The molecule has 24 heteroatoms. The number of amides is 6. The molecule has 4 atom stereocenters. The zero-order chi connectivity index (χ0) is 54.0. The molecule has 1 saturated heterocycles. The number of aryl methyl sites for hydroxylation is 2. The SMILES string of the molecule is CCC(CO)OC(COC(=O)NCCC(=O)N[C@@H](C)C(=O)OCCCNC(=O)c1cc(-c2ccc(NC(=O)c3nc(NC(=O)CCCOc4cc5c(cc4OC)C(=O)N4CCC[C@H]4C=N5)cn3C)cc2)cn1C)OC. The van der Waals surface area contributed by atoms with E-state index in [1.807, 2.05) is 11.8 Å². The number of hydrogen-bond acceptors (Lipinski definition) is 16. The highest BCUT2D eigenvalue weighted by Crippen LogP contribution is 2.38. The number of nitrogens with one attached hydrogen (secondary N) is 5. The fraction of sp³-hybridized carbons (Fsp3) is 0.471. The second-order valence-corrected chi connectivity index (χ2v) is 17.7. The lowest BCUT2D eigenvalue weighted by molar-refractivity contribution is -0.181. The van der Waals surface area contributed by atoms with Crippen molar-refractivity contribution in [1.29, 1.82) is 0 Å². The van der Waals surface area contributed by atoms with E-state index in [0.717, 1.165) is 24.0 Å². The molecule has 75 heavy (non-hydrogen) atoms. The van der Waals surface area contributed by atoms with Crippen LogP contribution in [0, 0.1) is 0 Å². The van der Waals surface area contributed by atoms with Crippen LogP contribution in [0.1, 0.15) is 90.3 Å². The number of carbonyl (C=O) groups is 7. The Hall–Kier alpha value is -7.83. The molecule has 6 amide bonds. The van der Waals surface area contributed by atoms with E-state index in [1.165, 1.54) is 31.9 Å². The minimum Gasteiger partial charge on any atom is -0.493 e. The number of aliphatic hydroxyl groups is 1. The summed E-state index contributed by atoms with van der Waals surface area (Å²) in [4.78, 5) is 99.8. The lowest BCUT2D eigenvalue weighted by Gasteiger charge is -2.21. The molecule has 2 aromatic carbocycles. The molecule has 0 bridgehead atoms. The number of aliphatic hydroxyl groups excluding tert-OH is 1. The highest BCUT2D eigenvalue weighted by Gasteiger charge is 2.33. The summed E-state index contributed by atoms with van der Waals surface area (Å²) < 4.78 is 35.5. The van der Waals surface area contributed by atoms with Gasteiger partial charge in [-0.3, -0.25) is 29.0 Å². The summed E-state index contributed by atoms with van der Waals surface area (Å²) in [7, 11) is 6.25. The topological polar surface area (TPSA) is 294 Å². The van der Waals surface area contributed by atoms with E-state index in [2.05, 4.69) is 36.6 Å². The van der Waals surface area contributed by atoms with Crippen LogP contribution >= 0.6 is 0 Å². The zero-order valence-corrected chi connectivity index (χ0v) is 43.0. The lowest BCUT2D eigenvalue weighted by atomic mass is 10.1. The van der Waals surface area contributed by atoms with Gasteiger partial charge in [0.05, 0.1) is 50.3 Å². The van der Waals surface area contributed by atoms with Gasteiger partial charge in [-0.2, -0.15) is 0 Å². The molecule has 0 spiro atoms. The van der Waals surface area contributed by atoms with Crippen LogP contribution in [0.4, 0.5) is 22.0 Å². The highest BCUT2D eigenvalue weighted by molar-refractivity contribution is 6.04. The number of imidazole rings is 1. The Morgan fingerprint density at radius 2 is 1.64 bits per heavy atom. The van der Waals surface area contributed by atoms with Crippen molar-refractivity contribution in [2.24, 2.45) is 19.1 Å². The number of carbonyl (C=O) groups excluding carboxylic acids is 7. The van der Waals surface area contributed by atoms with E-state index < -0.39 is 42.3 Å². The average Bonchev–Trinajstić information content (AvgIpc) is 4.12. The van der Waals surface area contributed by atoms with Gasteiger partial charge in [0.15, 0.2) is 23.6 Å². The average molecular weight is 1040 g/mol. The van der Waals surface area contributed by atoms with E-state index >= 15 is 0 Å². The van der Waals surface area contributed by atoms with Crippen LogP contribution in [0.2, 0.25) is 0 Å². The maximum atomic E-state index is 13.3. The van der Waals surface area contributed by atoms with Gasteiger partial charge < -0.3 is 74.1 Å². The van der Waals surface area contributed by atoms with Crippen molar-refractivity contribution in [3.05, 3.63) is 71.9 Å². The molecule has 6 rings (SSSR count). The van der Waals surface area contributed by atoms with E-state index in [9.17, 15) is 38.7 Å². The molecule has 4 aromatic rings. The maximum absolute atomic E-state index is 13.3. The summed E-state index contributed by atoms with van der Waals surface area (Å²) in [6, 6.07) is 11.1. The Kier molecular flexibility index (Phi) is 20.7. The summed E-state index contributed by atoms with van der Waals surface area (Å²) in [5.74, 6) is -1.33. The van der Waals surface area contributed by atoms with Crippen molar-refractivity contribution in [3.63, 3.8) is 0 Å². The first kappa shape index (κ1) is 56.5. The fourth-order valence-electron chi connectivity index (χ4n) is 8.01. The molecule has 6 N–H and O–H groups in total. The number of benzene rings is 2. The Balaban J connectivity index is 0.862. The van der Waals surface area contributed by atoms with Crippen LogP contribution in [-0.4, -0.2) is 157 Å². The van der Waals surface area contributed by atoms with Crippen molar-refractivity contribution in [1.82, 2.24) is 35.0 Å². The van der Waals surface area contributed by atoms with Gasteiger partial charge in [-0.05, 0) is 68.9 Å². The molecule has 1 fully saturated rings. The third-order valence-corrected chi connectivity index (χ3v) is 12.1. The van der Waals surface area contributed by atoms with Crippen LogP contribution in [-0.2, 0) is 47.4 Å². The van der Waals surface area contributed by atoms with E-state index in [-0.39, 0.29) is 87.8 Å². The summed E-state index contributed by atoms with van der Waals surface area (Å²) in [5.41, 5.74) is 3.38. The summed E-state index contributed by atoms with van der Waals surface area (Å²) in [6.07, 6.45) is 5.99. The second-order valence-electron chi connectivity index (χ2n) is 17.7. The molecule has 0 aliphatic carbocycles. The maximum Gasteiger partial charge on any atom is 0.407 e. The minimum atomic E-state index is -0.960. The normalized spacial score (nSPS) is 14.8. The Bertz CT molecular complexity index is 2680. The number of aromatic nitrogens is 3. The summed E-state index contributed by atoms with van der Waals surface area (Å²) in [6.45, 7) is 3.86. The van der Waals surface area contributed by atoms with Gasteiger partial charge in [0, 0.05) is 89.6 Å². The first-order chi connectivity index (χ1) is 36.1. The standard InChI is InChI=1S/C51H66N10O14/c1-7-36(29-62)75-45(71-6)30-74-51(69)53-19-17-44(64)55-31(2)50(68)73-22-10-18-52-47(65)39-23-33(27-59(39)3)32-13-15-34(16-14-32)56-48(66)46-58-42(28-60(46)4)57-43(63)12-9-21-72-41-25-38-37(24-40(41)70-5)49(67)61-20-8-11-35(61)26-54-38/h13-16,23-28,31,35-36,45,62H,7-12,17-22,29-30H2,1-6H3,(H,52,65)(H,53,69)(H,55,64)(H,56,66)(H,57,63)/t31-,35-,36?,45?/m0/s1. The van der Waals surface area contributed by atoms with Crippen LogP contribution < -0.4 is 36.1 Å². The number of ether oxygens (including phenoxy) is 6. The molecule has 2 unspecified atom stereocenters. The second kappa shape index (κ2) is 27.5. The summed E-state index contributed by atoms with van der Waals surface area (Å²) in [5, 5.41) is 22.6. The first-order valence-electron chi connectivity index (χ1n) is 24.7. The molecule has 404 valence electrons. The van der Waals surface area contributed by atoms with Gasteiger partial charge in [-0.15, -0.1) is 0 Å². The number of fused-ring (bicyclic) bond motifs is 2. The number of rotatable bonds is 27. The van der Waals surface area contributed by atoms with Crippen molar-refractivity contribution < 1.29 is 67.1 Å². The molecule has 4 heterocycles. The highest BCUT2D eigenvalue weighted by atomic mass is 16.7. The van der Waals surface area contributed by atoms with E-state index in [4.69, 9.17) is 28.4 Å². The number of hydrogen-bond donors (Lipinski definition) is 6. The number of aliphatic imine (C=N–C) groups is 1. The third kappa shape index (κ3) is 15.8. The number of methoxy groups -OCH3 is 2. The number of esters is 1. The predicted octanol–water partition coefficient (Wildman–Crippen LogP) is 3.85. The van der Waals surface area contributed by atoms with Crippen molar-refractivity contribution in [3.8, 4) is 22.6 Å². The van der Waals surface area contributed by atoms with Crippen LogP contribution in [0.3, 0.4) is 0 Å². The smallest absolute Gasteiger partial charge is 0.407 e. The van der Waals surface area contributed by atoms with Crippen molar-refractivity contribution >= 4 is 65.0 Å². The van der Waals surface area contributed by atoms with Gasteiger partial charge in [-0.1, -0.05) is 19.1 Å². The lowest BCUT2D eigenvalue weighted by Crippen LogP contribution is -2.41. The molecular formula is C51H66N10O14.